The molecule has 5 heteroatoms. The first kappa shape index (κ1) is 12.9. The maximum absolute atomic E-state index is 11.7. The van der Waals surface area contributed by atoms with Crippen molar-refractivity contribution in [3.63, 3.8) is 0 Å². The molecule has 0 saturated heterocycles. The monoisotopic (exact) mass is 250 g/mol. The van der Waals surface area contributed by atoms with Gasteiger partial charge < -0.3 is 0 Å². The van der Waals surface area contributed by atoms with Crippen molar-refractivity contribution in [2.24, 2.45) is 0 Å². The number of sulfone groups is 1. The van der Waals surface area contributed by atoms with E-state index in [1.54, 1.807) is 0 Å². The van der Waals surface area contributed by atoms with Gasteiger partial charge in [-0.15, -0.1) is 0 Å². The van der Waals surface area contributed by atoms with Crippen molar-refractivity contribution in [1.29, 1.82) is 0 Å². The van der Waals surface area contributed by atoms with Gasteiger partial charge in [-0.2, -0.15) is 0 Å². The third-order valence-electron chi connectivity index (χ3n) is 2.42. The summed E-state index contributed by atoms with van der Waals surface area (Å²) in [6.07, 6.45) is 4.79. The Bertz CT molecular complexity index is 355. The minimum atomic E-state index is -3.03. The van der Waals surface area contributed by atoms with E-state index in [0.717, 1.165) is 25.7 Å². The van der Waals surface area contributed by atoms with Gasteiger partial charge in [0.05, 0.1) is 5.75 Å². The SMILES string of the molecule is CCCCCC[S@@](=O)C1=CS(=O)(=O)CC1. The molecule has 0 unspecified atom stereocenters. The third-order valence-corrected chi connectivity index (χ3v) is 5.55. The zero-order chi connectivity index (χ0) is 11.3. The second-order valence-corrected chi connectivity index (χ2v) is 7.40. The molecular formula is C10H18O3S2. The maximum atomic E-state index is 11.7. The molecule has 0 fully saturated rings. The molecule has 15 heavy (non-hydrogen) atoms. The molecule has 1 aliphatic rings. The van der Waals surface area contributed by atoms with Crippen LogP contribution in [0.5, 0.6) is 0 Å². The van der Waals surface area contributed by atoms with Crippen LogP contribution in [0.3, 0.4) is 0 Å². The first-order valence-corrected chi connectivity index (χ1v) is 8.40. The van der Waals surface area contributed by atoms with Crippen LogP contribution in [0.1, 0.15) is 39.0 Å². The van der Waals surface area contributed by atoms with Crippen molar-refractivity contribution in [1.82, 2.24) is 0 Å². The zero-order valence-corrected chi connectivity index (χ0v) is 10.7. The fourth-order valence-electron chi connectivity index (χ4n) is 1.52. The fourth-order valence-corrected chi connectivity index (χ4v) is 4.72. The molecule has 0 amide bonds. The smallest absolute Gasteiger partial charge is 0.172 e. The quantitative estimate of drug-likeness (QED) is 0.677. The normalized spacial score (nSPS) is 21.3. The number of unbranched alkanes of at least 4 members (excludes halogenated alkanes) is 3. The standard InChI is InChI=1S/C10H18O3S2/c1-2-3-4-5-7-14(11)10-6-8-15(12,13)9-10/h9H,2-8H2,1H3/t14-/m1/s1. The van der Waals surface area contributed by atoms with E-state index in [-0.39, 0.29) is 5.75 Å². The number of hydrogen-bond donors (Lipinski definition) is 0. The van der Waals surface area contributed by atoms with Crippen molar-refractivity contribution in [2.75, 3.05) is 11.5 Å². The van der Waals surface area contributed by atoms with Gasteiger partial charge in [0.1, 0.15) is 0 Å². The van der Waals surface area contributed by atoms with Gasteiger partial charge in [-0.25, -0.2) is 8.42 Å². The number of rotatable bonds is 6. The van der Waals surface area contributed by atoms with Crippen molar-refractivity contribution in [3.05, 3.63) is 10.3 Å². The van der Waals surface area contributed by atoms with Gasteiger partial charge in [0, 0.05) is 26.9 Å². The summed E-state index contributed by atoms with van der Waals surface area (Å²) in [7, 11) is -4.09. The van der Waals surface area contributed by atoms with E-state index < -0.39 is 20.6 Å². The molecule has 0 radical (unpaired) electrons. The van der Waals surface area contributed by atoms with Crippen LogP contribution in [0, 0.1) is 0 Å². The third kappa shape index (κ3) is 4.47. The van der Waals surface area contributed by atoms with Gasteiger partial charge in [-0.1, -0.05) is 26.2 Å². The summed E-state index contributed by atoms with van der Waals surface area (Å²) in [5.41, 5.74) is 0. The van der Waals surface area contributed by atoms with Crippen molar-refractivity contribution in [3.8, 4) is 0 Å². The van der Waals surface area contributed by atoms with Gasteiger partial charge in [0.15, 0.2) is 9.84 Å². The highest BCUT2D eigenvalue weighted by Gasteiger charge is 2.21. The fraction of sp³-hybridized carbons (Fsp3) is 0.800. The Labute approximate surface area is 94.3 Å². The molecule has 88 valence electrons. The Morgan fingerprint density at radius 2 is 2.07 bits per heavy atom. The van der Waals surface area contributed by atoms with Crippen molar-refractivity contribution < 1.29 is 12.6 Å². The molecule has 1 heterocycles. The van der Waals surface area contributed by atoms with Crippen LogP contribution in [0.25, 0.3) is 0 Å². The summed E-state index contributed by atoms with van der Waals surface area (Å²) in [6.45, 7) is 2.13. The Morgan fingerprint density at radius 3 is 2.60 bits per heavy atom. The molecule has 0 aromatic heterocycles. The van der Waals surface area contributed by atoms with E-state index in [0.29, 0.717) is 17.1 Å². The molecule has 0 N–H and O–H groups in total. The molecule has 1 aliphatic heterocycles. The first-order chi connectivity index (χ1) is 7.05. The lowest BCUT2D eigenvalue weighted by atomic mass is 10.2. The first-order valence-electron chi connectivity index (χ1n) is 5.37. The lowest BCUT2D eigenvalue weighted by molar-refractivity contribution is 0.606. The Kier molecular flexibility index (Phi) is 4.99. The van der Waals surface area contributed by atoms with E-state index in [1.165, 1.54) is 5.41 Å². The van der Waals surface area contributed by atoms with Gasteiger partial charge >= 0.3 is 0 Å². The van der Waals surface area contributed by atoms with Crippen LogP contribution in [0.4, 0.5) is 0 Å². The summed E-state index contributed by atoms with van der Waals surface area (Å²) < 4.78 is 33.9. The largest absolute Gasteiger partial charge is 0.255 e. The highest BCUT2D eigenvalue weighted by molar-refractivity contribution is 7.96. The van der Waals surface area contributed by atoms with E-state index in [2.05, 4.69) is 6.92 Å². The number of allylic oxidation sites excluding steroid dienone is 1. The lowest BCUT2D eigenvalue weighted by Gasteiger charge is -2.01. The zero-order valence-electron chi connectivity index (χ0n) is 9.07. The molecular weight excluding hydrogens is 232 g/mol. The van der Waals surface area contributed by atoms with Crippen LogP contribution in [-0.4, -0.2) is 24.1 Å². The molecule has 0 spiro atoms. The molecule has 1 rings (SSSR count). The molecule has 0 aromatic carbocycles. The Hall–Kier alpha value is -0.160. The average Bonchev–Trinajstić information content (AvgIpc) is 2.53. The Balaban J connectivity index is 2.36. The molecule has 0 bridgehead atoms. The number of hydrogen-bond acceptors (Lipinski definition) is 3. The summed E-state index contributed by atoms with van der Waals surface area (Å²) in [5.74, 6) is 0.754. The average molecular weight is 250 g/mol. The molecule has 0 saturated carbocycles. The summed E-state index contributed by atoms with van der Waals surface area (Å²) >= 11 is 0. The van der Waals surface area contributed by atoms with Crippen LogP contribution in [0.2, 0.25) is 0 Å². The highest BCUT2D eigenvalue weighted by atomic mass is 32.2. The maximum Gasteiger partial charge on any atom is 0.172 e. The molecule has 3 nitrogen and oxygen atoms in total. The Morgan fingerprint density at radius 1 is 1.33 bits per heavy atom. The van der Waals surface area contributed by atoms with Crippen LogP contribution >= 0.6 is 0 Å². The lowest BCUT2D eigenvalue weighted by Crippen LogP contribution is -1.99. The van der Waals surface area contributed by atoms with E-state index in [4.69, 9.17) is 0 Å². The van der Waals surface area contributed by atoms with Crippen LogP contribution < -0.4 is 0 Å². The van der Waals surface area contributed by atoms with Crippen LogP contribution in [0.15, 0.2) is 10.3 Å². The van der Waals surface area contributed by atoms with Gasteiger partial charge in [-0.05, 0) is 12.8 Å². The summed E-state index contributed by atoms with van der Waals surface area (Å²) in [5, 5.41) is 1.21. The second kappa shape index (κ2) is 5.80. The highest BCUT2D eigenvalue weighted by Crippen LogP contribution is 2.20. The van der Waals surface area contributed by atoms with Crippen molar-refractivity contribution in [2.45, 2.75) is 39.0 Å². The van der Waals surface area contributed by atoms with Crippen LogP contribution in [-0.2, 0) is 20.6 Å². The predicted octanol–water partition coefficient (Wildman–Crippen LogP) is 1.98. The summed E-state index contributed by atoms with van der Waals surface area (Å²) in [6, 6.07) is 0. The second-order valence-electron chi connectivity index (χ2n) is 3.81. The minimum Gasteiger partial charge on any atom is -0.255 e. The van der Waals surface area contributed by atoms with Gasteiger partial charge in [0.2, 0.25) is 0 Å². The molecule has 0 aromatic rings. The van der Waals surface area contributed by atoms with Gasteiger partial charge in [0.25, 0.3) is 0 Å². The van der Waals surface area contributed by atoms with Crippen molar-refractivity contribution >= 4 is 20.6 Å². The topological polar surface area (TPSA) is 51.2 Å². The minimum absolute atomic E-state index is 0.142. The molecule has 1 atom stereocenters. The molecule has 0 aliphatic carbocycles. The van der Waals surface area contributed by atoms with Gasteiger partial charge in [-0.3, -0.25) is 4.21 Å². The summed E-state index contributed by atoms with van der Waals surface area (Å²) in [4.78, 5) is 0.617. The van der Waals surface area contributed by atoms with E-state index >= 15 is 0 Å². The van der Waals surface area contributed by atoms with E-state index in [9.17, 15) is 12.6 Å². The van der Waals surface area contributed by atoms with E-state index in [1.807, 2.05) is 0 Å². The predicted molar refractivity (Wildman–Crippen MR) is 63.6 cm³/mol.